The summed E-state index contributed by atoms with van der Waals surface area (Å²) >= 11 is 6.28. The maximum absolute atomic E-state index is 14.7. The van der Waals surface area contributed by atoms with Gasteiger partial charge in [0.25, 0.3) is 11.7 Å². The number of ketones is 1. The molecular formula is C23H24ClFN2O4. The monoisotopic (exact) mass is 446 g/mol. The summed E-state index contributed by atoms with van der Waals surface area (Å²) in [7, 11) is 3.65. The zero-order valence-electron chi connectivity index (χ0n) is 17.6. The van der Waals surface area contributed by atoms with Crippen molar-refractivity contribution >= 4 is 29.1 Å². The van der Waals surface area contributed by atoms with Gasteiger partial charge in [-0.05, 0) is 45.3 Å². The fourth-order valence-corrected chi connectivity index (χ4v) is 3.73. The molecule has 0 bridgehead atoms. The maximum Gasteiger partial charge on any atom is 0.295 e. The van der Waals surface area contributed by atoms with Crippen LogP contribution >= 0.6 is 11.6 Å². The van der Waals surface area contributed by atoms with Crippen molar-refractivity contribution in [1.29, 1.82) is 0 Å². The van der Waals surface area contributed by atoms with Crippen LogP contribution in [0.1, 0.15) is 24.1 Å². The van der Waals surface area contributed by atoms with Crippen LogP contribution in [-0.2, 0) is 9.59 Å². The smallest absolute Gasteiger partial charge is 0.295 e. The summed E-state index contributed by atoms with van der Waals surface area (Å²) in [5.74, 6) is -2.29. The van der Waals surface area contributed by atoms with E-state index < -0.39 is 29.3 Å². The van der Waals surface area contributed by atoms with Crippen molar-refractivity contribution in [1.82, 2.24) is 9.80 Å². The summed E-state index contributed by atoms with van der Waals surface area (Å²) in [6.07, 6.45) is 0. The number of Topliss-reactive ketones (excluding diaryl/α,β-unsaturated/α-hetero) is 1. The fourth-order valence-electron chi connectivity index (χ4n) is 3.53. The summed E-state index contributed by atoms with van der Waals surface area (Å²) < 4.78 is 20.2. The molecule has 0 aliphatic carbocycles. The first-order valence-corrected chi connectivity index (χ1v) is 10.2. The van der Waals surface area contributed by atoms with E-state index in [1.165, 1.54) is 35.2 Å². The lowest BCUT2D eigenvalue weighted by molar-refractivity contribution is -0.140. The normalized spacial score (nSPS) is 18.1. The Hall–Kier alpha value is -2.90. The minimum atomic E-state index is -1.08. The van der Waals surface area contributed by atoms with E-state index in [1.54, 1.807) is 12.1 Å². The quantitative estimate of drug-likeness (QED) is 0.397. The average Bonchev–Trinajstić information content (AvgIpc) is 2.98. The van der Waals surface area contributed by atoms with Gasteiger partial charge >= 0.3 is 0 Å². The van der Waals surface area contributed by atoms with Gasteiger partial charge in [-0.2, -0.15) is 0 Å². The van der Waals surface area contributed by atoms with Crippen molar-refractivity contribution in [3.05, 3.63) is 70.0 Å². The maximum atomic E-state index is 14.7. The van der Waals surface area contributed by atoms with Gasteiger partial charge in [0.15, 0.2) is 0 Å². The lowest BCUT2D eigenvalue weighted by Gasteiger charge is -2.26. The standard InChI is InChI=1S/C23H24ClFN2O4/c1-4-31-14-9-10-17(24)16(13-14)21(28)19-20(15-7-5-6-8-18(15)25)27(12-11-26(2)3)23(30)22(19)29/h5-10,13,20,28H,4,11-12H2,1-3H3/b21-19+. The highest BCUT2D eigenvalue weighted by atomic mass is 35.5. The van der Waals surface area contributed by atoms with Crippen LogP contribution in [0, 0.1) is 5.82 Å². The molecule has 164 valence electrons. The molecule has 0 radical (unpaired) electrons. The molecule has 1 N–H and O–H groups in total. The molecule has 2 aromatic rings. The molecule has 1 amide bonds. The molecule has 1 aliphatic rings. The average molecular weight is 447 g/mol. The first-order chi connectivity index (χ1) is 14.8. The topological polar surface area (TPSA) is 70.1 Å². The molecule has 0 spiro atoms. The van der Waals surface area contributed by atoms with Crippen molar-refractivity contribution in [2.24, 2.45) is 0 Å². The number of benzene rings is 2. The molecule has 6 nitrogen and oxygen atoms in total. The van der Waals surface area contributed by atoms with Gasteiger partial charge in [-0.15, -0.1) is 0 Å². The zero-order chi connectivity index (χ0) is 22.7. The number of carbonyl (C=O) groups excluding carboxylic acids is 2. The molecule has 31 heavy (non-hydrogen) atoms. The number of amides is 1. The molecule has 1 unspecified atom stereocenters. The fraction of sp³-hybridized carbons (Fsp3) is 0.304. The molecule has 8 heteroatoms. The number of likely N-dealkylation sites (N-methyl/N-ethyl adjacent to an activating group) is 1. The van der Waals surface area contributed by atoms with E-state index in [9.17, 15) is 19.1 Å². The first-order valence-electron chi connectivity index (χ1n) is 9.86. The molecule has 2 aromatic carbocycles. The van der Waals surface area contributed by atoms with Gasteiger partial charge in [0.2, 0.25) is 0 Å². The van der Waals surface area contributed by atoms with E-state index >= 15 is 0 Å². The zero-order valence-corrected chi connectivity index (χ0v) is 18.3. The Kier molecular flexibility index (Phi) is 6.97. The summed E-state index contributed by atoms with van der Waals surface area (Å²) in [5.41, 5.74) is 0.0584. The number of aliphatic hydroxyl groups is 1. The van der Waals surface area contributed by atoms with Gasteiger partial charge in [0, 0.05) is 24.2 Å². The highest BCUT2D eigenvalue weighted by Gasteiger charge is 2.47. The van der Waals surface area contributed by atoms with Crippen LogP contribution < -0.4 is 4.74 Å². The predicted octanol–water partition coefficient (Wildman–Crippen LogP) is 3.86. The highest BCUT2D eigenvalue weighted by molar-refractivity contribution is 6.47. The molecule has 0 saturated carbocycles. The number of rotatable bonds is 7. The molecular weight excluding hydrogens is 423 g/mol. The second-order valence-corrected chi connectivity index (χ2v) is 7.80. The Morgan fingerprint density at radius 3 is 2.58 bits per heavy atom. The molecule has 1 heterocycles. The van der Waals surface area contributed by atoms with Crippen LogP contribution in [0.5, 0.6) is 5.75 Å². The first kappa shape index (κ1) is 22.8. The second-order valence-electron chi connectivity index (χ2n) is 7.39. The summed E-state index contributed by atoms with van der Waals surface area (Å²) in [5, 5.41) is 11.3. The summed E-state index contributed by atoms with van der Waals surface area (Å²) in [6, 6.07) is 9.47. The van der Waals surface area contributed by atoms with Gasteiger partial charge in [-0.3, -0.25) is 9.59 Å². The van der Waals surface area contributed by atoms with Crippen molar-refractivity contribution in [2.75, 3.05) is 33.8 Å². The third-order valence-electron chi connectivity index (χ3n) is 5.03. The van der Waals surface area contributed by atoms with Gasteiger partial charge < -0.3 is 19.6 Å². The molecule has 3 rings (SSSR count). The van der Waals surface area contributed by atoms with Crippen LogP contribution in [-0.4, -0.2) is 60.4 Å². The van der Waals surface area contributed by atoms with Crippen molar-refractivity contribution in [2.45, 2.75) is 13.0 Å². The minimum Gasteiger partial charge on any atom is -0.507 e. The third kappa shape index (κ3) is 4.57. The Balaban J connectivity index is 2.20. The minimum absolute atomic E-state index is 0.124. The molecule has 0 aromatic heterocycles. The van der Waals surface area contributed by atoms with E-state index in [-0.39, 0.29) is 28.3 Å². The summed E-state index contributed by atoms with van der Waals surface area (Å²) in [6.45, 7) is 2.84. The van der Waals surface area contributed by atoms with Crippen molar-refractivity contribution < 1.29 is 23.8 Å². The van der Waals surface area contributed by atoms with Crippen LogP contribution in [0.3, 0.4) is 0 Å². The Morgan fingerprint density at radius 2 is 1.94 bits per heavy atom. The van der Waals surface area contributed by atoms with Crippen LogP contribution in [0.4, 0.5) is 4.39 Å². The molecule has 1 fully saturated rings. The number of likely N-dealkylation sites (tertiary alicyclic amines) is 1. The number of hydrogen-bond acceptors (Lipinski definition) is 5. The number of ether oxygens (including phenoxy) is 1. The Morgan fingerprint density at radius 1 is 1.23 bits per heavy atom. The van der Waals surface area contributed by atoms with Crippen molar-refractivity contribution in [3.63, 3.8) is 0 Å². The predicted molar refractivity (Wildman–Crippen MR) is 117 cm³/mol. The van der Waals surface area contributed by atoms with E-state index in [0.29, 0.717) is 18.9 Å². The van der Waals surface area contributed by atoms with Gasteiger partial charge in [-0.1, -0.05) is 29.8 Å². The van der Waals surface area contributed by atoms with Crippen LogP contribution in [0.2, 0.25) is 5.02 Å². The molecule has 1 aliphatic heterocycles. The molecule has 1 atom stereocenters. The van der Waals surface area contributed by atoms with Crippen LogP contribution in [0.25, 0.3) is 5.76 Å². The Bertz CT molecular complexity index is 1040. The number of aliphatic hydroxyl groups excluding tert-OH is 1. The number of hydrogen-bond donors (Lipinski definition) is 1. The Labute approximate surface area is 185 Å². The number of halogens is 2. The van der Waals surface area contributed by atoms with E-state index in [0.717, 1.165) is 0 Å². The summed E-state index contributed by atoms with van der Waals surface area (Å²) in [4.78, 5) is 29.0. The van der Waals surface area contributed by atoms with E-state index in [1.807, 2.05) is 25.9 Å². The number of nitrogens with zero attached hydrogens (tertiary/aromatic N) is 2. The van der Waals surface area contributed by atoms with Crippen molar-refractivity contribution in [3.8, 4) is 5.75 Å². The third-order valence-corrected chi connectivity index (χ3v) is 5.36. The second kappa shape index (κ2) is 9.49. The SMILES string of the molecule is CCOc1ccc(Cl)c(/C(O)=C2\C(=O)C(=O)N(CCN(C)C)C2c2ccccc2F)c1. The highest BCUT2D eigenvalue weighted by Crippen LogP contribution is 2.41. The number of carbonyl (C=O) groups is 2. The van der Waals surface area contributed by atoms with Gasteiger partial charge in [0.05, 0.1) is 23.2 Å². The van der Waals surface area contributed by atoms with Crippen LogP contribution in [0.15, 0.2) is 48.0 Å². The van der Waals surface area contributed by atoms with Gasteiger partial charge in [-0.25, -0.2) is 4.39 Å². The van der Waals surface area contributed by atoms with E-state index in [4.69, 9.17) is 16.3 Å². The van der Waals surface area contributed by atoms with Gasteiger partial charge in [0.1, 0.15) is 17.3 Å². The lowest BCUT2D eigenvalue weighted by atomic mass is 9.95. The largest absolute Gasteiger partial charge is 0.507 e. The molecule has 1 saturated heterocycles. The van der Waals surface area contributed by atoms with E-state index in [2.05, 4.69) is 0 Å². The lowest BCUT2D eigenvalue weighted by Crippen LogP contribution is -2.35.